The predicted octanol–water partition coefficient (Wildman–Crippen LogP) is 4.05. The summed E-state index contributed by atoms with van der Waals surface area (Å²) >= 11 is 0. The van der Waals surface area contributed by atoms with Gasteiger partial charge in [-0.3, -0.25) is 4.79 Å². The molecule has 0 unspecified atom stereocenters. The third-order valence-electron chi connectivity index (χ3n) is 6.70. The number of nitrogens with zero attached hydrogens (tertiary/aromatic N) is 2. The molecule has 0 aliphatic carbocycles. The number of piperidine rings is 1. The average Bonchev–Trinajstić information content (AvgIpc) is 2.90. The molecule has 0 spiro atoms. The number of alkyl carbamates (subject to hydrolysis) is 1. The highest BCUT2D eigenvalue weighted by Gasteiger charge is 2.34. The molecule has 4 amide bonds. The van der Waals surface area contributed by atoms with E-state index in [1.807, 2.05) is 59.5 Å². The minimum absolute atomic E-state index is 0.00562. The second-order valence-corrected chi connectivity index (χ2v) is 10.8. The van der Waals surface area contributed by atoms with Crippen LogP contribution in [-0.2, 0) is 32.2 Å². The largest absolute Gasteiger partial charge is 0.459 e. The Bertz CT molecular complexity index is 1190. The first-order valence-electron chi connectivity index (χ1n) is 13.2. The molecule has 39 heavy (non-hydrogen) atoms. The second kappa shape index (κ2) is 12.2. The predicted molar refractivity (Wildman–Crippen MR) is 145 cm³/mol. The summed E-state index contributed by atoms with van der Waals surface area (Å²) in [5, 5.41) is 5.45. The number of anilines is 1. The first kappa shape index (κ1) is 27.9. The normalized spacial score (nSPS) is 16.5. The monoisotopic (exact) mass is 536 g/mol. The van der Waals surface area contributed by atoms with Gasteiger partial charge in [-0.25, -0.2) is 14.4 Å². The summed E-state index contributed by atoms with van der Waals surface area (Å²) in [4.78, 5) is 54.7. The number of ether oxygens (including phenoxy) is 2. The van der Waals surface area contributed by atoms with Crippen LogP contribution in [0.15, 0.2) is 54.6 Å². The topological polar surface area (TPSA) is 117 Å². The molecule has 2 aliphatic heterocycles. The molecule has 2 heterocycles. The molecule has 0 radical (unpaired) electrons. The van der Waals surface area contributed by atoms with Gasteiger partial charge >= 0.3 is 18.1 Å². The molecule has 2 aliphatic rings. The Balaban J connectivity index is 1.34. The van der Waals surface area contributed by atoms with E-state index >= 15 is 0 Å². The summed E-state index contributed by atoms with van der Waals surface area (Å²) in [6.07, 6.45) is 0.176. The van der Waals surface area contributed by atoms with Gasteiger partial charge in [-0.2, -0.15) is 0 Å². The number of para-hydroxylation sites is 1. The van der Waals surface area contributed by atoms with E-state index < -0.39 is 23.7 Å². The van der Waals surface area contributed by atoms with Crippen molar-refractivity contribution >= 4 is 29.7 Å². The number of benzene rings is 2. The lowest BCUT2D eigenvalue weighted by Gasteiger charge is -2.40. The molecule has 10 heteroatoms. The van der Waals surface area contributed by atoms with Crippen LogP contribution in [0.4, 0.5) is 15.3 Å². The Morgan fingerprint density at radius 3 is 2.38 bits per heavy atom. The number of likely N-dealkylation sites (tertiary alicyclic amines) is 1. The van der Waals surface area contributed by atoms with E-state index in [-0.39, 0.29) is 31.0 Å². The first-order valence-corrected chi connectivity index (χ1v) is 13.2. The van der Waals surface area contributed by atoms with Crippen molar-refractivity contribution in [1.29, 1.82) is 0 Å². The third-order valence-corrected chi connectivity index (χ3v) is 6.70. The van der Waals surface area contributed by atoms with E-state index in [4.69, 9.17) is 9.47 Å². The number of amides is 4. The number of carbonyl (C=O) groups excluding carboxylic acids is 4. The minimum Gasteiger partial charge on any atom is -0.459 e. The maximum atomic E-state index is 13.2. The number of fused-ring (bicyclic) bond motifs is 1. The van der Waals surface area contributed by atoms with Gasteiger partial charge in [0, 0.05) is 31.4 Å². The molecule has 2 aromatic rings. The molecule has 0 bridgehead atoms. The lowest BCUT2D eigenvalue weighted by Crippen LogP contribution is -2.52. The van der Waals surface area contributed by atoms with Crippen LogP contribution in [0, 0.1) is 0 Å². The van der Waals surface area contributed by atoms with Crippen molar-refractivity contribution in [2.75, 3.05) is 18.4 Å². The summed E-state index contributed by atoms with van der Waals surface area (Å²) < 4.78 is 10.7. The molecular formula is C29H36N4O6. The molecule has 4 rings (SSSR count). The van der Waals surface area contributed by atoms with Crippen molar-refractivity contribution in [3.63, 3.8) is 0 Å². The second-order valence-electron chi connectivity index (χ2n) is 10.8. The van der Waals surface area contributed by atoms with Gasteiger partial charge in [0.25, 0.3) is 0 Å². The fourth-order valence-corrected chi connectivity index (χ4v) is 4.72. The maximum Gasteiger partial charge on any atom is 0.408 e. The molecular weight excluding hydrogens is 500 g/mol. The number of rotatable bonds is 7. The van der Waals surface area contributed by atoms with E-state index in [9.17, 15) is 19.2 Å². The molecule has 208 valence electrons. The van der Waals surface area contributed by atoms with Crippen LogP contribution in [0.1, 0.15) is 51.2 Å². The number of nitrogens with one attached hydrogen (secondary N) is 2. The van der Waals surface area contributed by atoms with Crippen LogP contribution in [-0.4, -0.2) is 64.6 Å². The van der Waals surface area contributed by atoms with Crippen LogP contribution in [0.5, 0.6) is 0 Å². The lowest BCUT2D eigenvalue weighted by atomic mass is 10.00. The summed E-state index contributed by atoms with van der Waals surface area (Å²) in [5.41, 5.74) is 1.91. The summed E-state index contributed by atoms with van der Waals surface area (Å²) in [6.45, 7) is 6.56. The van der Waals surface area contributed by atoms with Crippen LogP contribution >= 0.6 is 0 Å². The van der Waals surface area contributed by atoms with Gasteiger partial charge in [-0.05, 0) is 50.8 Å². The number of hydrogen-bond donors (Lipinski definition) is 2. The van der Waals surface area contributed by atoms with Gasteiger partial charge in [0.2, 0.25) is 5.91 Å². The van der Waals surface area contributed by atoms with Crippen LogP contribution < -0.4 is 10.6 Å². The highest BCUT2D eigenvalue weighted by atomic mass is 16.6. The molecule has 1 atom stereocenters. The van der Waals surface area contributed by atoms with Gasteiger partial charge in [0.15, 0.2) is 0 Å². The van der Waals surface area contributed by atoms with Gasteiger partial charge in [0.05, 0.1) is 6.42 Å². The van der Waals surface area contributed by atoms with E-state index in [0.29, 0.717) is 32.5 Å². The molecule has 1 saturated heterocycles. The smallest absolute Gasteiger partial charge is 0.408 e. The lowest BCUT2D eigenvalue weighted by molar-refractivity contribution is -0.150. The zero-order valence-corrected chi connectivity index (χ0v) is 22.6. The maximum absolute atomic E-state index is 13.2. The van der Waals surface area contributed by atoms with Crippen molar-refractivity contribution in [3.8, 4) is 0 Å². The number of hydrogen-bond acceptors (Lipinski definition) is 6. The van der Waals surface area contributed by atoms with E-state index in [0.717, 1.165) is 16.8 Å². The quantitative estimate of drug-likeness (QED) is 0.516. The summed E-state index contributed by atoms with van der Waals surface area (Å²) in [6, 6.07) is 15.5. The van der Waals surface area contributed by atoms with Crippen molar-refractivity contribution in [1.82, 2.24) is 15.1 Å². The number of urea groups is 1. The average molecular weight is 537 g/mol. The standard InChI is InChI=1S/C29H36N4O6/c1-29(2,3)39-28(37)31-24(26(35)38-19-20-9-5-4-6-10-20)17-25(34)32-15-13-22(14-16-32)33-18-21-11-7-8-12-23(21)30-27(33)36/h4-12,22,24H,13-19H2,1-3H3,(H,30,36)(H,31,37)/t24-/m0/s1. The first-order chi connectivity index (χ1) is 18.6. The fraction of sp³-hybridized carbons (Fsp3) is 0.448. The highest BCUT2D eigenvalue weighted by molar-refractivity contribution is 5.92. The van der Waals surface area contributed by atoms with Crippen molar-refractivity contribution in [2.24, 2.45) is 0 Å². The Hall–Kier alpha value is -4.08. The molecule has 0 aromatic heterocycles. The summed E-state index contributed by atoms with van der Waals surface area (Å²) in [7, 11) is 0. The van der Waals surface area contributed by atoms with E-state index in [1.54, 1.807) is 25.7 Å². The van der Waals surface area contributed by atoms with Crippen molar-refractivity contribution in [2.45, 2.75) is 70.9 Å². The molecule has 1 fully saturated rings. The molecule has 10 nitrogen and oxygen atoms in total. The highest BCUT2D eigenvalue weighted by Crippen LogP contribution is 2.27. The Labute approximate surface area is 228 Å². The van der Waals surface area contributed by atoms with E-state index in [2.05, 4.69) is 10.6 Å². The Kier molecular flexibility index (Phi) is 8.73. The zero-order valence-electron chi connectivity index (χ0n) is 22.6. The molecule has 2 N–H and O–H groups in total. The van der Waals surface area contributed by atoms with Crippen molar-refractivity contribution in [3.05, 3.63) is 65.7 Å². The zero-order chi connectivity index (χ0) is 28.0. The van der Waals surface area contributed by atoms with Crippen LogP contribution in [0.25, 0.3) is 0 Å². The Morgan fingerprint density at radius 1 is 1.03 bits per heavy atom. The molecule has 2 aromatic carbocycles. The minimum atomic E-state index is -1.20. The van der Waals surface area contributed by atoms with Crippen LogP contribution in [0.2, 0.25) is 0 Å². The molecule has 0 saturated carbocycles. The Morgan fingerprint density at radius 2 is 1.69 bits per heavy atom. The third kappa shape index (κ3) is 7.72. The van der Waals surface area contributed by atoms with Gasteiger partial charge in [0.1, 0.15) is 18.2 Å². The van der Waals surface area contributed by atoms with Gasteiger partial charge in [-0.15, -0.1) is 0 Å². The SMILES string of the molecule is CC(C)(C)OC(=O)N[C@@H](CC(=O)N1CCC(N2Cc3ccccc3NC2=O)CC1)C(=O)OCc1ccccc1. The van der Waals surface area contributed by atoms with Gasteiger partial charge in [-0.1, -0.05) is 48.5 Å². The fourth-order valence-electron chi connectivity index (χ4n) is 4.72. The van der Waals surface area contributed by atoms with E-state index in [1.165, 1.54) is 0 Å². The number of carbonyl (C=O) groups is 4. The van der Waals surface area contributed by atoms with Crippen LogP contribution in [0.3, 0.4) is 0 Å². The number of esters is 1. The summed E-state index contributed by atoms with van der Waals surface area (Å²) in [5.74, 6) is -0.990. The van der Waals surface area contributed by atoms with Gasteiger partial charge < -0.3 is 29.9 Å². The van der Waals surface area contributed by atoms with Crippen molar-refractivity contribution < 1.29 is 28.7 Å².